The van der Waals surface area contributed by atoms with E-state index in [9.17, 15) is 13.2 Å². The first-order valence-corrected chi connectivity index (χ1v) is 10.1. The highest BCUT2D eigenvalue weighted by Crippen LogP contribution is 2.22. The molecule has 2 aromatic carbocycles. The number of nitrogens with one attached hydrogen (secondary N) is 1. The van der Waals surface area contributed by atoms with Crippen LogP contribution in [0.15, 0.2) is 71.7 Å². The second kappa shape index (κ2) is 7.35. The minimum Gasteiger partial charge on any atom is -0.310 e. The van der Waals surface area contributed by atoms with Gasteiger partial charge < -0.3 is 4.57 Å². The van der Waals surface area contributed by atoms with E-state index in [1.807, 2.05) is 18.2 Å². The van der Waals surface area contributed by atoms with Gasteiger partial charge in [0.05, 0.1) is 12.8 Å². The number of aromatic nitrogens is 1. The molecule has 5 nitrogen and oxygen atoms in total. The van der Waals surface area contributed by atoms with Crippen LogP contribution in [0.4, 0.5) is 5.69 Å². The van der Waals surface area contributed by atoms with Crippen LogP contribution in [-0.4, -0.2) is 19.2 Å². The van der Waals surface area contributed by atoms with Crippen LogP contribution in [-0.2, 0) is 16.6 Å². The Kier molecular flexibility index (Phi) is 5.15. The highest BCUT2D eigenvalue weighted by atomic mass is 35.5. The molecule has 0 saturated heterocycles. The maximum atomic E-state index is 12.2. The van der Waals surface area contributed by atoms with Gasteiger partial charge in [0.15, 0.2) is 0 Å². The predicted octanol–water partition coefficient (Wildman–Crippen LogP) is 3.59. The summed E-state index contributed by atoms with van der Waals surface area (Å²) in [6.45, 7) is 0.422. The number of hydrogen-bond donors (Lipinski definition) is 1. The fourth-order valence-electron chi connectivity index (χ4n) is 2.59. The summed E-state index contributed by atoms with van der Waals surface area (Å²) < 4.78 is 26.9. The van der Waals surface area contributed by atoms with Crippen LogP contribution < -0.4 is 10.3 Å². The molecule has 0 aliphatic carbocycles. The summed E-state index contributed by atoms with van der Waals surface area (Å²) in [5, 5.41) is 0.644. The SMILES string of the molecule is CS(=O)(=O)Nc1cccc(-c2ccc(=O)n(Cc3ccc(Cl)cc3)c2)c1. The fraction of sp³-hybridized carbons (Fsp3) is 0.105. The van der Waals surface area contributed by atoms with Crippen LogP contribution >= 0.6 is 11.6 Å². The Morgan fingerprint density at radius 2 is 1.73 bits per heavy atom. The van der Waals surface area contributed by atoms with Gasteiger partial charge >= 0.3 is 0 Å². The summed E-state index contributed by atoms with van der Waals surface area (Å²) in [5.41, 5.74) is 2.94. The first-order valence-electron chi connectivity index (χ1n) is 7.83. The van der Waals surface area contributed by atoms with Crippen molar-refractivity contribution < 1.29 is 8.42 Å². The van der Waals surface area contributed by atoms with Gasteiger partial charge in [0.2, 0.25) is 10.0 Å². The first kappa shape index (κ1) is 18.2. The van der Waals surface area contributed by atoms with Crippen LogP contribution in [0, 0.1) is 0 Å². The van der Waals surface area contributed by atoms with Crippen molar-refractivity contribution in [3.8, 4) is 11.1 Å². The lowest BCUT2D eigenvalue weighted by Gasteiger charge is -2.10. The zero-order chi connectivity index (χ0) is 18.7. The van der Waals surface area contributed by atoms with E-state index in [0.717, 1.165) is 22.9 Å². The molecule has 0 unspecified atom stereocenters. The summed E-state index contributed by atoms with van der Waals surface area (Å²) >= 11 is 5.89. The van der Waals surface area contributed by atoms with Gasteiger partial charge in [0, 0.05) is 23.0 Å². The lowest BCUT2D eigenvalue weighted by atomic mass is 10.1. The van der Waals surface area contributed by atoms with Gasteiger partial charge in [-0.25, -0.2) is 8.42 Å². The molecule has 134 valence electrons. The third-order valence-electron chi connectivity index (χ3n) is 3.75. The van der Waals surface area contributed by atoms with Gasteiger partial charge in [0.1, 0.15) is 0 Å². The summed E-state index contributed by atoms with van der Waals surface area (Å²) in [6, 6.07) is 17.6. The zero-order valence-corrected chi connectivity index (χ0v) is 15.6. The number of halogens is 1. The van der Waals surface area contributed by atoms with E-state index in [2.05, 4.69) is 4.72 Å². The smallest absolute Gasteiger partial charge is 0.250 e. The van der Waals surface area contributed by atoms with Crippen molar-refractivity contribution in [3.05, 3.63) is 87.8 Å². The molecule has 26 heavy (non-hydrogen) atoms. The number of benzene rings is 2. The summed E-state index contributed by atoms with van der Waals surface area (Å²) in [7, 11) is -3.35. The molecule has 1 heterocycles. The average molecular weight is 389 g/mol. The third kappa shape index (κ3) is 4.74. The highest BCUT2D eigenvalue weighted by molar-refractivity contribution is 7.92. The molecule has 0 fully saturated rings. The van der Waals surface area contributed by atoms with E-state index in [1.54, 1.807) is 47.2 Å². The molecule has 3 aromatic rings. The van der Waals surface area contributed by atoms with Crippen LogP contribution in [0.2, 0.25) is 5.02 Å². The molecule has 0 bridgehead atoms. The maximum absolute atomic E-state index is 12.2. The summed E-state index contributed by atoms with van der Waals surface area (Å²) in [5.74, 6) is 0. The van der Waals surface area contributed by atoms with Crippen molar-refractivity contribution in [3.63, 3.8) is 0 Å². The fourth-order valence-corrected chi connectivity index (χ4v) is 3.27. The monoisotopic (exact) mass is 388 g/mol. The van der Waals surface area contributed by atoms with Crippen molar-refractivity contribution in [1.29, 1.82) is 0 Å². The van der Waals surface area contributed by atoms with E-state index in [4.69, 9.17) is 11.6 Å². The van der Waals surface area contributed by atoms with Gasteiger partial charge in [0.25, 0.3) is 5.56 Å². The Morgan fingerprint density at radius 1 is 1.00 bits per heavy atom. The van der Waals surface area contributed by atoms with Gasteiger partial charge in [-0.2, -0.15) is 0 Å². The molecule has 0 amide bonds. The molecular formula is C19H17ClN2O3S. The van der Waals surface area contributed by atoms with Crippen LogP contribution in [0.25, 0.3) is 11.1 Å². The van der Waals surface area contributed by atoms with Gasteiger partial charge in [-0.3, -0.25) is 9.52 Å². The Balaban J connectivity index is 1.93. The molecule has 3 rings (SSSR count). The molecule has 0 radical (unpaired) electrons. The van der Waals surface area contributed by atoms with E-state index in [1.165, 1.54) is 6.07 Å². The van der Waals surface area contributed by atoms with Crippen molar-refractivity contribution >= 4 is 27.3 Å². The van der Waals surface area contributed by atoms with E-state index >= 15 is 0 Å². The number of sulfonamides is 1. The van der Waals surface area contributed by atoms with Gasteiger partial charge in [-0.15, -0.1) is 0 Å². The minimum absolute atomic E-state index is 0.117. The summed E-state index contributed by atoms with van der Waals surface area (Å²) in [4.78, 5) is 12.2. The molecule has 7 heteroatoms. The quantitative estimate of drug-likeness (QED) is 0.726. The maximum Gasteiger partial charge on any atom is 0.250 e. The number of hydrogen-bond acceptors (Lipinski definition) is 3. The Bertz CT molecular complexity index is 1090. The van der Waals surface area contributed by atoms with Gasteiger partial charge in [-0.05, 0) is 47.0 Å². The van der Waals surface area contributed by atoms with E-state index in [0.29, 0.717) is 17.3 Å². The Morgan fingerprint density at radius 3 is 2.42 bits per heavy atom. The molecule has 1 aromatic heterocycles. The van der Waals surface area contributed by atoms with Gasteiger partial charge in [-0.1, -0.05) is 35.9 Å². The number of pyridine rings is 1. The second-order valence-corrected chi connectivity index (χ2v) is 8.15. The minimum atomic E-state index is -3.35. The van der Waals surface area contributed by atoms with Crippen molar-refractivity contribution in [1.82, 2.24) is 4.57 Å². The van der Waals surface area contributed by atoms with Crippen LogP contribution in [0.5, 0.6) is 0 Å². The molecule has 0 atom stereocenters. The van der Waals surface area contributed by atoms with Crippen LogP contribution in [0.3, 0.4) is 0 Å². The molecule has 1 N–H and O–H groups in total. The molecule has 0 spiro atoms. The molecule has 0 aliphatic heterocycles. The van der Waals surface area contributed by atoms with Crippen LogP contribution in [0.1, 0.15) is 5.56 Å². The largest absolute Gasteiger partial charge is 0.310 e. The number of nitrogens with zero attached hydrogens (tertiary/aromatic N) is 1. The number of rotatable bonds is 5. The average Bonchev–Trinajstić information content (AvgIpc) is 2.57. The topological polar surface area (TPSA) is 68.2 Å². The molecule has 0 saturated carbocycles. The van der Waals surface area contributed by atoms with Crippen molar-refractivity contribution in [2.24, 2.45) is 0 Å². The lowest BCUT2D eigenvalue weighted by molar-refractivity contribution is 0.607. The highest BCUT2D eigenvalue weighted by Gasteiger charge is 2.06. The Labute approximate surface area is 156 Å². The van der Waals surface area contributed by atoms with E-state index in [-0.39, 0.29) is 5.56 Å². The second-order valence-electron chi connectivity index (χ2n) is 5.97. The predicted molar refractivity (Wildman–Crippen MR) is 105 cm³/mol. The molecule has 0 aliphatic rings. The third-order valence-corrected chi connectivity index (χ3v) is 4.61. The zero-order valence-electron chi connectivity index (χ0n) is 14.0. The first-order chi connectivity index (χ1) is 12.3. The normalized spacial score (nSPS) is 11.3. The lowest BCUT2D eigenvalue weighted by Crippen LogP contribution is -2.19. The number of anilines is 1. The standard InChI is InChI=1S/C19H17ClN2O3S/c1-26(24,25)21-18-4-2-3-15(11-18)16-7-10-19(23)22(13-16)12-14-5-8-17(20)9-6-14/h2-11,13,21H,12H2,1H3. The van der Waals surface area contributed by atoms with E-state index < -0.39 is 10.0 Å². The summed E-state index contributed by atoms with van der Waals surface area (Å²) in [6.07, 6.45) is 2.86. The Hall–Kier alpha value is -2.57. The van der Waals surface area contributed by atoms with Crippen molar-refractivity contribution in [2.45, 2.75) is 6.54 Å². The van der Waals surface area contributed by atoms with Crippen molar-refractivity contribution in [2.75, 3.05) is 11.0 Å². The molecular weight excluding hydrogens is 372 g/mol.